The third-order valence-electron chi connectivity index (χ3n) is 3.36. The van der Waals surface area contributed by atoms with Crippen LogP contribution < -0.4 is 5.32 Å². The van der Waals surface area contributed by atoms with Gasteiger partial charge < -0.3 is 15.0 Å². The van der Waals surface area contributed by atoms with Gasteiger partial charge in [-0.05, 0) is 32.6 Å². The van der Waals surface area contributed by atoms with E-state index in [0.717, 1.165) is 19.5 Å². The van der Waals surface area contributed by atoms with Crippen LogP contribution in [0, 0.1) is 11.3 Å². The summed E-state index contributed by atoms with van der Waals surface area (Å²) in [4.78, 5) is 25.3. The smallest absolute Gasteiger partial charge is 0.317 e. The molecule has 0 bridgehead atoms. The molecule has 1 heterocycles. The van der Waals surface area contributed by atoms with Gasteiger partial charge in [0.1, 0.15) is 0 Å². The molecule has 0 aliphatic carbocycles. The average molecular weight is 256 g/mol. The summed E-state index contributed by atoms with van der Waals surface area (Å²) in [5, 5.41) is 2.81. The van der Waals surface area contributed by atoms with Gasteiger partial charge >= 0.3 is 12.0 Å². The molecular weight excluding hydrogens is 232 g/mol. The molecule has 0 aromatic heterocycles. The number of amides is 2. The number of hydrogen-bond donors (Lipinski definition) is 1. The maximum atomic E-state index is 12.0. The molecule has 0 saturated carbocycles. The topological polar surface area (TPSA) is 58.6 Å². The van der Waals surface area contributed by atoms with Gasteiger partial charge in [-0.25, -0.2) is 4.79 Å². The first kappa shape index (κ1) is 14.8. The van der Waals surface area contributed by atoms with Crippen molar-refractivity contribution in [1.82, 2.24) is 10.2 Å². The van der Waals surface area contributed by atoms with E-state index in [1.54, 1.807) is 13.8 Å². The van der Waals surface area contributed by atoms with Crippen molar-refractivity contribution in [3.8, 4) is 0 Å². The molecule has 5 heteroatoms. The Morgan fingerprint density at radius 3 is 2.67 bits per heavy atom. The summed E-state index contributed by atoms with van der Waals surface area (Å²) in [5.74, 6) is 0.243. The highest BCUT2D eigenvalue weighted by atomic mass is 16.5. The standard InChI is InChI=1S/C13H24N2O3/c1-10-6-5-7-15(8-10)12(17)14-9-13(2,3)11(16)18-4/h10H,5-9H2,1-4H3,(H,14,17)/t10-/m1/s1. The van der Waals surface area contributed by atoms with Gasteiger partial charge in [-0.1, -0.05) is 6.92 Å². The number of esters is 1. The van der Waals surface area contributed by atoms with Crippen LogP contribution in [0.4, 0.5) is 4.79 Å². The molecule has 0 radical (unpaired) electrons. The van der Waals surface area contributed by atoms with Gasteiger partial charge in [0.25, 0.3) is 0 Å². The minimum atomic E-state index is -0.689. The molecule has 1 saturated heterocycles. The van der Waals surface area contributed by atoms with Gasteiger partial charge in [0.15, 0.2) is 0 Å². The van der Waals surface area contributed by atoms with Gasteiger partial charge in [-0.3, -0.25) is 4.79 Å². The Morgan fingerprint density at radius 2 is 2.11 bits per heavy atom. The van der Waals surface area contributed by atoms with Crippen molar-refractivity contribution in [3.05, 3.63) is 0 Å². The Hall–Kier alpha value is -1.26. The van der Waals surface area contributed by atoms with E-state index in [-0.39, 0.29) is 12.0 Å². The number of ether oxygens (including phenoxy) is 1. The zero-order chi connectivity index (χ0) is 13.8. The van der Waals surface area contributed by atoms with E-state index < -0.39 is 5.41 Å². The van der Waals surface area contributed by atoms with Crippen molar-refractivity contribution in [2.24, 2.45) is 11.3 Å². The van der Waals surface area contributed by atoms with Crippen molar-refractivity contribution < 1.29 is 14.3 Å². The Kier molecular flexibility index (Phi) is 4.99. The number of hydrogen-bond acceptors (Lipinski definition) is 3. The van der Waals surface area contributed by atoms with Gasteiger partial charge in [0.05, 0.1) is 12.5 Å². The largest absolute Gasteiger partial charge is 0.469 e. The first-order valence-corrected chi connectivity index (χ1v) is 6.48. The molecule has 0 unspecified atom stereocenters. The van der Waals surface area contributed by atoms with Crippen LogP contribution in [0.3, 0.4) is 0 Å². The maximum absolute atomic E-state index is 12.0. The number of methoxy groups -OCH3 is 1. The number of urea groups is 1. The summed E-state index contributed by atoms with van der Waals surface area (Å²) < 4.78 is 4.71. The predicted octanol–water partition coefficient (Wildman–Crippen LogP) is 1.63. The fourth-order valence-electron chi connectivity index (χ4n) is 2.13. The van der Waals surface area contributed by atoms with Crippen LogP contribution >= 0.6 is 0 Å². The van der Waals surface area contributed by atoms with Gasteiger partial charge in [-0.2, -0.15) is 0 Å². The van der Waals surface area contributed by atoms with E-state index in [4.69, 9.17) is 4.74 Å². The molecule has 1 aliphatic heterocycles. The number of carbonyl (C=O) groups excluding carboxylic acids is 2. The molecular formula is C13H24N2O3. The summed E-state index contributed by atoms with van der Waals surface area (Å²) >= 11 is 0. The first-order chi connectivity index (χ1) is 8.36. The van der Waals surface area contributed by atoms with Gasteiger partial charge in [-0.15, -0.1) is 0 Å². The summed E-state index contributed by atoms with van der Waals surface area (Å²) in [6.07, 6.45) is 2.23. The predicted molar refractivity (Wildman–Crippen MR) is 69.2 cm³/mol. The molecule has 1 rings (SSSR count). The van der Waals surface area contributed by atoms with E-state index in [1.807, 2.05) is 4.90 Å². The molecule has 1 N–H and O–H groups in total. The van der Waals surface area contributed by atoms with Crippen molar-refractivity contribution in [1.29, 1.82) is 0 Å². The Labute approximate surface area is 109 Å². The van der Waals surface area contributed by atoms with Crippen LogP contribution in [0.2, 0.25) is 0 Å². The molecule has 0 spiro atoms. The third-order valence-corrected chi connectivity index (χ3v) is 3.36. The Balaban J connectivity index is 2.43. The van der Waals surface area contributed by atoms with Crippen LogP contribution in [0.15, 0.2) is 0 Å². The van der Waals surface area contributed by atoms with Crippen molar-refractivity contribution in [2.45, 2.75) is 33.6 Å². The minimum Gasteiger partial charge on any atom is -0.469 e. The molecule has 104 valence electrons. The lowest BCUT2D eigenvalue weighted by molar-refractivity contribution is -0.150. The van der Waals surface area contributed by atoms with Crippen LogP contribution in [0.5, 0.6) is 0 Å². The lowest BCUT2D eigenvalue weighted by Gasteiger charge is -2.32. The highest BCUT2D eigenvalue weighted by molar-refractivity contribution is 5.78. The van der Waals surface area contributed by atoms with Gasteiger partial charge in [0, 0.05) is 19.6 Å². The molecule has 18 heavy (non-hydrogen) atoms. The molecule has 0 aromatic carbocycles. The molecule has 1 fully saturated rings. The lowest BCUT2D eigenvalue weighted by atomic mass is 9.94. The zero-order valence-corrected chi connectivity index (χ0v) is 11.8. The average Bonchev–Trinajstić information content (AvgIpc) is 2.35. The van der Waals surface area contributed by atoms with Crippen molar-refractivity contribution in [2.75, 3.05) is 26.7 Å². The Bertz CT molecular complexity index is 315. The van der Waals surface area contributed by atoms with Crippen LogP contribution in [-0.4, -0.2) is 43.6 Å². The molecule has 0 aromatic rings. The molecule has 2 amide bonds. The summed E-state index contributed by atoms with van der Waals surface area (Å²) in [7, 11) is 1.36. The minimum absolute atomic E-state index is 0.0847. The number of likely N-dealkylation sites (tertiary alicyclic amines) is 1. The maximum Gasteiger partial charge on any atom is 0.317 e. The fourth-order valence-corrected chi connectivity index (χ4v) is 2.13. The van der Waals surface area contributed by atoms with E-state index in [0.29, 0.717) is 12.5 Å². The van der Waals surface area contributed by atoms with Crippen molar-refractivity contribution in [3.63, 3.8) is 0 Å². The Morgan fingerprint density at radius 1 is 1.44 bits per heavy atom. The lowest BCUT2D eigenvalue weighted by Crippen LogP contribution is -2.48. The summed E-state index contributed by atoms with van der Waals surface area (Å²) in [6, 6.07) is -0.0847. The summed E-state index contributed by atoms with van der Waals surface area (Å²) in [6.45, 7) is 7.57. The summed E-state index contributed by atoms with van der Waals surface area (Å²) in [5.41, 5.74) is -0.689. The van der Waals surface area contributed by atoms with E-state index in [1.165, 1.54) is 13.5 Å². The normalized spacial score (nSPS) is 20.4. The third kappa shape index (κ3) is 3.89. The van der Waals surface area contributed by atoms with E-state index in [9.17, 15) is 9.59 Å². The highest BCUT2D eigenvalue weighted by Gasteiger charge is 2.30. The van der Waals surface area contributed by atoms with E-state index in [2.05, 4.69) is 12.2 Å². The number of nitrogens with one attached hydrogen (secondary N) is 1. The second kappa shape index (κ2) is 6.07. The zero-order valence-electron chi connectivity index (χ0n) is 11.8. The fraction of sp³-hybridized carbons (Fsp3) is 0.846. The second-order valence-corrected chi connectivity index (χ2v) is 5.73. The number of nitrogens with zero attached hydrogens (tertiary/aromatic N) is 1. The highest BCUT2D eigenvalue weighted by Crippen LogP contribution is 2.17. The SMILES string of the molecule is COC(=O)C(C)(C)CNC(=O)N1CCC[C@@H](C)C1. The van der Waals surface area contributed by atoms with Crippen molar-refractivity contribution >= 4 is 12.0 Å². The van der Waals surface area contributed by atoms with E-state index >= 15 is 0 Å². The molecule has 5 nitrogen and oxygen atoms in total. The number of carbonyl (C=O) groups is 2. The first-order valence-electron chi connectivity index (χ1n) is 6.48. The monoisotopic (exact) mass is 256 g/mol. The van der Waals surface area contributed by atoms with Crippen LogP contribution in [-0.2, 0) is 9.53 Å². The second-order valence-electron chi connectivity index (χ2n) is 5.73. The van der Waals surface area contributed by atoms with Crippen LogP contribution in [0.25, 0.3) is 0 Å². The van der Waals surface area contributed by atoms with Crippen LogP contribution in [0.1, 0.15) is 33.6 Å². The molecule has 1 atom stereocenters. The molecule has 1 aliphatic rings. The quantitative estimate of drug-likeness (QED) is 0.781. The van der Waals surface area contributed by atoms with Gasteiger partial charge in [0.2, 0.25) is 0 Å². The number of rotatable bonds is 3. The number of piperidine rings is 1.